The first-order valence-corrected chi connectivity index (χ1v) is 14.9. The summed E-state index contributed by atoms with van der Waals surface area (Å²) in [6.07, 6.45) is -0.787. The Labute approximate surface area is 262 Å². The number of nitrogens with one attached hydrogen (secondary N) is 1. The summed E-state index contributed by atoms with van der Waals surface area (Å²) in [6.45, 7) is 0.762. The number of amides is 1. The molecule has 0 saturated heterocycles. The van der Waals surface area contributed by atoms with Crippen LogP contribution in [0.25, 0.3) is 11.1 Å². The van der Waals surface area contributed by atoms with Crippen LogP contribution in [0.5, 0.6) is 11.5 Å². The third-order valence-electron chi connectivity index (χ3n) is 7.81. The van der Waals surface area contributed by atoms with E-state index in [0.717, 1.165) is 33.4 Å². The molecule has 0 aromatic heterocycles. The molecule has 0 aliphatic heterocycles. The van der Waals surface area contributed by atoms with Gasteiger partial charge in [0.25, 0.3) is 0 Å². The number of aliphatic carboxylic acids is 1. The minimum absolute atomic E-state index is 0.00373. The van der Waals surface area contributed by atoms with Crippen LogP contribution in [0.4, 0.5) is 4.79 Å². The molecule has 1 atom stereocenters. The monoisotopic (exact) mass is 599 g/mol. The lowest BCUT2D eigenvalue weighted by atomic mass is 9.98. The zero-order chi connectivity index (χ0) is 31.0. The summed E-state index contributed by atoms with van der Waals surface area (Å²) in [5, 5.41) is 12.6. The number of hydrogen-bond donors (Lipinski definition) is 2. The first-order chi connectivity index (χ1) is 22.0. The maximum Gasteiger partial charge on any atom is 0.407 e. The quantitative estimate of drug-likeness (QED) is 0.155. The Hall–Kier alpha value is -5.56. The van der Waals surface area contributed by atoms with Gasteiger partial charge in [-0.15, -0.1) is 0 Å². The highest BCUT2D eigenvalue weighted by Gasteiger charge is 2.30. The lowest BCUT2D eigenvalue weighted by molar-refractivity contribution is -0.139. The number of ether oxygens (including phenoxy) is 3. The van der Waals surface area contributed by atoms with Crippen LogP contribution in [0.3, 0.4) is 0 Å². The molecule has 5 aromatic rings. The first-order valence-electron chi connectivity index (χ1n) is 14.9. The molecule has 0 spiro atoms. The molecule has 6 rings (SSSR count). The molecule has 7 nitrogen and oxygen atoms in total. The molecule has 1 aliphatic carbocycles. The minimum Gasteiger partial charge on any atom is -0.489 e. The third-order valence-corrected chi connectivity index (χ3v) is 7.81. The number of carboxylic acids is 1. The Kier molecular flexibility index (Phi) is 9.06. The number of carbonyl (C=O) groups excluding carboxylic acids is 1. The standard InChI is InChI=1S/C38H33NO6/c40-37(41)36(39-38(42)45-25-35-33-17-9-7-15-31(33)32-16-8-10-18-34(32)35)21-28-19-29(43-23-26-11-3-1-4-12-26)22-30(20-28)44-24-27-13-5-2-6-14-27/h1-20,22,35-36H,21,23-25H2,(H,39,42)(H,40,41). The first kappa shape index (κ1) is 29.5. The van der Waals surface area contributed by atoms with Gasteiger partial charge in [0.15, 0.2) is 0 Å². The van der Waals surface area contributed by atoms with Crippen LogP contribution >= 0.6 is 0 Å². The summed E-state index contributed by atoms with van der Waals surface area (Å²) in [5.41, 5.74) is 7.02. The molecule has 5 aromatic carbocycles. The molecule has 0 bridgehead atoms. The molecule has 7 heteroatoms. The molecule has 0 heterocycles. The second-order valence-corrected chi connectivity index (χ2v) is 10.9. The summed E-state index contributed by atoms with van der Waals surface area (Å²) in [7, 11) is 0. The molecule has 45 heavy (non-hydrogen) atoms. The fraction of sp³-hybridized carbons (Fsp3) is 0.158. The highest BCUT2D eigenvalue weighted by Crippen LogP contribution is 2.44. The van der Waals surface area contributed by atoms with E-state index in [1.807, 2.05) is 97.1 Å². The Morgan fingerprint density at radius 2 is 1.13 bits per heavy atom. The Morgan fingerprint density at radius 3 is 1.64 bits per heavy atom. The van der Waals surface area contributed by atoms with Crippen molar-refractivity contribution in [2.24, 2.45) is 0 Å². The molecular weight excluding hydrogens is 566 g/mol. The maximum absolute atomic E-state index is 12.9. The van der Waals surface area contributed by atoms with Crippen molar-refractivity contribution in [2.45, 2.75) is 31.6 Å². The van der Waals surface area contributed by atoms with Gasteiger partial charge in [-0.25, -0.2) is 9.59 Å². The van der Waals surface area contributed by atoms with E-state index in [1.165, 1.54) is 0 Å². The van der Waals surface area contributed by atoms with Crippen LogP contribution in [-0.2, 0) is 29.2 Å². The molecule has 1 aliphatic rings. The van der Waals surface area contributed by atoms with E-state index in [-0.39, 0.29) is 18.9 Å². The van der Waals surface area contributed by atoms with E-state index in [2.05, 4.69) is 17.4 Å². The maximum atomic E-state index is 12.9. The van der Waals surface area contributed by atoms with E-state index >= 15 is 0 Å². The van der Waals surface area contributed by atoms with Gasteiger partial charge in [0, 0.05) is 18.4 Å². The topological polar surface area (TPSA) is 94.1 Å². The minimum atomic E-state index is -1.23. The van der Waals surface area contributed by atoms with E-state index in [0.29, 0.717) is 30.3 Å². The number of fused-ring (bicyclic) bond motifs is 3. The van der Waals surface area contributed by atoms with Gasteiger partial charge >= 0.3 is 12.1 Å². The molecule has 226 valence electrons. The van der Waals surface area contributed by atoms with Gasteiger partial charge in [0.1, 0.15) is 37.4 Å². The highest BCUT2D eigenvalue weighted by atomic mass is 16.5. The third kappa shape index (κ3) is 7.33. The molecular formula is C38H33NO6. The largest absolute Gasteiger partial charge is 0.489 e. The Balaban J connectivity index is 1.14. The highest BCUT2D eigenvalue weighted by molar-refractivity contribution is 5.81. The van der Waals surface area contributed by atoms with Crippen molar-refractivity contribution < 1.29 is 28.9 Å². The number of hydrogen-bond acceptors (Lipinski definition) is 5. The fourth-order valence-electron chi connectivity index (χ4n) is 5.62. The van der Waals surface area contributed by atoms with Crippen molar-refractivity contribution in [2.75, 3.05) is 6.61 Å². The lowest BCUT2D eigenvalue weighted by Gasteiger charge is -2.18. The summed E-state index contributed by atoms with van der Waals surface area (Å²) in [4.78, 5) is 25.2. The van der Waals surface area contributed by atoms with Crippen LogP contribution in [-0.4, -0.2) is 29.8 Å². The van der Waals surface area contributed by atoms with Crippen molar-refractivity contribution >= 4 is 12.1 Å². The molecule has 1 unspecified atom stereocenters. The number of carboxylic acid groups (broad SMARTS) is 1. The summed E-state index contributed by atoms with van der Waals surface area (Å²) >= 11 is 0. The normalized spacial score (nSPS) is 12.4. The molecule has 2 N–H and O–H groups in total. The smallest absolute Gasteiger partial charge is 0.407 e. The van der Waals surface area contributed by atoms with Crippen LogP contribution < -0.4 is 14.8 Å². The van der Waals surface area contributed by atoms with Crippen LogP contribution in [0.1, 0.15) is 33.7 Å². The predicted molar refractivity (Wildman–Crippen MR) is 171 cm³/mol. The average molecular weight is 600 g/mol. The van der Waals surface area contributed by atoms with E-state index < -0.39 is 18.1 Å². The Bertz CT molecular complexity index is 1670. The van der Waals surface area contributed by atoms with Gasteiger partial charge in [0.05, 0.1) is 0 Å². The SMILES string of the molecule is O=C(NC(Cc1cc(OCc2ccccc2)cc(OCc2ccccc2)c1)C(=O)O)OCC1c2ccccc2-c2ccccc21. The molecule has 0 radical (unpaired) electrons. The summed E-state index contributed by atoms with van der Waals surface area (Å²) in [6, 6.07) is 39.7. The second-order valence-electron chi connectivity index (χ2n) is 10.9. The average Bonchev–Trinajstić information content (AvgIpc) is 3.39. The lowest BCUT2D eigenvalue weighted by Crippen LogP contribution is -2.42. The van der Waals surface area contributed by atoms with Gasteiger partial charge < -0.3 is 24.6 Å². The van der Waals surface area contributed by atoms with Crippen LogP contribution in [0, 0.1) is 0 Å². The van der Waals surface area contributed by atoms with Crippen molar-refractivity contribution in [3.63, 3.8) is 0 Å². The Morgan fingerprint density at radius 1 is 0.644 bits per heavy atom. The van der Waals surface area contributed by atoms with Gasteiger partial charge in [-0.2, -0.15) is 0 Å². The van der Waals surface area contributed by atoms with Gasteiger partial charge in [-0.05, 0) is 51.1 Å². The van der Waals surface area contributed by atoms with Crippen LogP contribution in [0.2, 0.25) is 0 Å². The van der Waals surface area contributed by atoms with E-state index in [4.69, 9.17) is 14.2 Å². The number of rotatable bonds is 12. The van der Waals surface area contributed by atoms with E-state index in [9.17, 15) is 14.7 Å². The van der Waals surface area contributed by atoms with Gasteiger partial charge in [-0.3, -0.25) is 0 Å². The molecule has 1 amide bonds. The van der Waals surface area contributed by atoms with Crippen LogP contribution in [0.15, 0.2) is 127 Å². The second kappa shape index (κ2) is 13.8. The van der Waals surface area contributed by atoms with E-state index in [1.54, 1.807) is 18.2 Å². The zero-order valence-electron chi connectivity index (χ0n) is 24.6. The van der Waals surface area contributed by atoms with Crippen molar-refractivity contribution in [1.29, 1.82) is 0 Å². The van der Waals surface area contributed by atoms with Crippen molar-refractivity contribution in [3.05, 3.63) is 155 Å². The molecule has 0 saturated carbocycles. The van der Waals surface area contributed by atoms with Crippen molar-refractivity contribution in [3.8, 4) is 22.6 Å². The number of benzene rings is 5. The predicted octanol–water partition coefficient (Wildman–Crippen LogP) is 7.38. The van der Waals surface area contributed by atoms with Gasteiger partial charge in [-0.1, -0.05) is 109 Å². The number of carbonyl (C=O) groups is 2. The van der Waals surface area contributed by atoms with Gasteiger partial charge in [0.2, 0.25) is 0 Å². The summed E-state index contributed by atoms with van der Waals surface area (Å²) < 4.78 is 17.7. The zero-order valence-corrected chi connectivity index (χ0v) is 24.6. The molecule has 0 fully saturated rings. The number of alkyl carbamates (subject to hydrolysis) is 1. The van der Waals surface area contributed by atoms with Crippen molar-refractivity contribution in [1.82, 2.24) is 5.32 Å². The fourth-order valence-corrected chi connectivity index (χ4v) is 5.62. The summed E-state index contributed by atoms with van der Waals surface area (Å²) in [5.74, 6) is -0.241.